The molecule has 0 saturated heterocycles. The van der Waals surface area contributed by atoms with Crippen LogP contribution in [0.25, 0.3) is 0 Å². The first kappa shape index (κ1) is 21.6. The number of amides is 3. The van der Waals surface area contributed by atoms with Gasteiger partial charge in [-0.2, -0.15) is 0 Å². The molecule has 0 spiro atoms. The molecular formula is C23H17BrF2N4O2. The van der Waals surface area contributed by atoms with Gasteiger partial charge in [0.05, 0.1) is 17.1 Å². The Hall–Kier alpha value is -3.59. The first-order chi connectivity index (χ1) is 15.3. The van der Waals surface area contributed by atoms with Crippen LogP contribution in [-0.2, 0) is 4.79 Å². The lowest BCUT2D eigenvalue weighted by atomic mass is 10.00. The van der Waals surface area contributed by atoms with E-state index in [1.54, 1.807) is 55.6 Å². The third kappa shape index (κ3) is 4.24. The maximum atomic E-state index is 14.6. The number of hydrogen-bond acceptors (Lipinski definition) is 3. The van der Waals surface area contributed by atoms with E-state index in [-0.39, 0.29) is 17.0 Å². The van der Waals surface area contributed by atoms with Crippen molar-refractivity contribution in [1.29, 1.82) is 0 Å². The van der Waals surface area contributed by atoms with Gasteiger partial charge in [-0.1, -0.05) is 46.3 Å². The molecular weight excluding hydrogens is 482 g/mol. The lowest BCUT2D eigenvalue weighted by Gasteiger charge is -2.21. The van der Waals surface area contributed by atoms with Crippen LogP contribution >= 0.6 is 15.9 Å². The number of nitrogens with one attached hydrogen (secondary N) is 2. The van der Waals surface area contributed by atoms with Crippen molar-refractivity contribution in [2.75, 3.05) is 17.3 Å². The second-order valence-electron chi connectivity index (χ2n) is 7.00. The highest BCUT2D eigenvalue weighted by Gasteiger charge is 2.31. The van der Waals surface area contributed by atoms with Gasteiger partial charge in [0.15, 0.2) is 0 Å². The Labute approximate surface area is 191 Å². The van der Waals surface area contributed by atoms with Crippen LogP contribution in [0.2, 0.25) is 0 Å². The van der Waals surface area contributed by atoms with E-state index in [0.29, 0.717) is 15.7 Å². The second-order valence-corrected chi connectivity index (χ2v) is 7.91. The average molecular weight is 499 g/mol. The van der Waals surface area contributed by atoms with E-state index in [2.05, 4.69) is 31.6 Å². The van der Waals surface area contributed by atoms with E-state index < -0.39 is 29.7 Å². The maximum absolute atomic E-state index is 14.6. The smallest absolute Gasteiger partial charge is 0.311 e. The molecule has 0 saturated carbocycles. The minimum Gasteiger partial charge on any atom is -0.311 e. The van der Waals surface area contributed by atoms with E-state index >= 15 is 0 Å². The number of anilines is 2. The number of hydrogen-bond donors (Lipinski definition) is 2. The van der Waals surface area contributed by atoms with Crippen molar-refractivity contribution in [3.8, 4) is 0 Å². The molecule has 0 bridgehead atoms. The number of carbonyl (C=O) groups excluding carboxylic acids is 2. The van der Waals surface area contributed by atoms with Crippen LogP contribution in [0.3, 0.4) is 0 Å². The molecule has 1 aliphatic rings. The van der Waals surface area contributed by atoms with Gasteiger partial charge in [-0.05, 0) is 36.4 Å². The average Bonchev–Trinajstić information content (AvgIpc) is 2.87. The highest BCUT2D eigenvalue weighted by Crippen LogP contribution is 2.28. The van der Waals surface area contributed by atoms with Crippen LogP contribution in [-0.4, -0.2) is 30.9 Å². The lowest BCUT2D eigenvalue weighted by molar-refractivity contribution is -0.119. The van der Waals surface area contributed by atoms with Crippen LogP contribution in [0.4, 0.5) is 25.0 Å². The number of rotatable bonds is 3. The first-order valence-corrected chi connectivity index (χ1v) is 10.4. The van der Waals surface area contributed by atoms with E-state index in [0.717, 1.165) is 0 Å². The van der Waals surface area contributed by atoms with Gasteiger partial charge in [0.2, 0.25) is 6.17 Å². The Morgan fingerprint density at radius 2 is 1.69 bits per heavy atom. The molecule has 0 fully saturated rings. The third-order valence-electron chi connectivity index (χ3n) is 4.92. The van der Waals surface area contributed by atoms with Crippen molar-refractivity contribution in [3.63, 3.8) is 0 Å². The molecule has 6 nitrogen and oxygen atoms in total. The van der Waals surface area contributed by atoms with E-state index in [9.17, 15) is 18.4 Å². The fourth-order valence-electron chi connectivity index (χ4n) is 3.36. The van der Waals surface area contributed by atoms with Crippen LogP contribution in [0.1, 0.15) is 11.1 Å². The summed E-state index contributed by atoms with van der Waals surface area (Å²) >= 11 is 3.15. The minimum atomic E-state index is -1.36. The summed E-state index contributed by atoms with van der Waals surface area (Å²) in [6.45, 7) is 0. The van der Waals surface area contributed by atoms with Gasteiger partial charge in [-0.3, -0.25) is 4.79 Å². The van der Waals surface area contributed by atoms with Gasteiger partial charge in [0.25, 0.3) is 5.91 Å². The summed E-state index contributed by atoms with van der Waals surface area (Å²) in [4.78, 5) is 31.4. The molecule has 3 aromatic carbocycles. The van der Waals surface area contributed by atoms with Gasteiger partial charge in [-0.15, -0.1) is 0 Å². The van der Waals surface area contributed by atoms with Gasteiger partial charge in [0, 0.05) is 22.6 Å². The number of para-hydroxylation sites is 1. The Morgan fingerprint density at radius 1 is 1.00 bits per heavy atom. The second kappa shape index (κ2) is 8.88. The molecule has 1 aliphatic heterocycles. The van der Waals surface area contributed by atoms with Crippen LogP contribution in [0, 0.1) is 11.6 Å². The zero-order chi connectivity index (χ0) is 22.8. The summed E-state index contributed by atoms with van der Waals surface area (Å²) in [5, 5.41) is 4.82. The van der Waals surface area contributed by atoms with Gasteiger partial charge in [0.1, 0.15) is 11.6 Å². The van der Waals surface area contributed by atoms with Crippen LogP contribution < -0.4 is 15.5 Å². The quantitative estimate of drug-likeness (QED) is 0.549. The van der Waals surface area contributed by atoms with Crippen molar-refractivity contribution in [3.05, 3.63) is 94.0 Å². The molecule has 9 heteroatoms. The van der Waals surface area contributed by atoms with E-state index in [4.69, 9.17) is 0 Å². The number of fused-ring (bicyclic) bond motifs is 1. The fraction of sp³-hybridized carbons (Fsp3) is 0.0870. The van der Waals surface area contributed by atoms with Crippen LogP contribution in [0.5, 0.6) is 0 Å². The van der Waals surface area contributed by atoms with Crippen molar-refractivity contribution < 1.29 is 18.4 Å². The normalized spacial score (nSPS) is 15.5. The van der Waals surface area contributed by atoms with Crippen molar-refractivity contribution >= 4 is 45.0 Å². The molecule has 32 heavy (non-hydrogen) atoms. The summed E-state index contributed by atoms with van der Waals surface area (Å²) in [5.41, 5.74) is 1.40. The predicted molar refractivity (Wildman–Crippen MR) is 122 cm³/mol. The number of aliphatic imine (C=N–C) groups is 1. The topological polar surface area (TPSA) is 73.8 Å². The van der Waals surface area contributed by atoms with Crippen molar-refractivity contribution in [2.45, 2.75) is 6.17 Å². The summed E-state index contributed by atoms with van der Waals surface area (Å²) in [6, 6.07) is 16.3. The fourth-order valence-corrected chi connectivity index (χ4v) is 3.69. The summed E-state index contributed by atoms with van der Waals surface area (Å²) < 4.78 is 29.2. The Kier molecular flexibility index (Phi) is 6.00. The largest absolute Gasteiger partial charge is 0.321 e. The molecule has 4 rings (SSSR count). The molecule has 0 aliphatic carbocycles. The summed E-state index contributed by atoms with van der Waals surface area (Å²) in [6.07, 6.45) is -1.36. The number of benzene rings is 3. The van der Waals surface area contributed by atoms with Gasteiger partial charge < -0.3 is 15.5 Å². The van der Waals surface area contributed by atoms with E-state index in [1.807, 2.05) is 0 Å². The number of carbonyl (C=O) groups is 2. The number of nitrogens with zero attached hydrogens (tertiary/aromatic N) is 2. The van der Waals surface area contributed by atoms with Gasteiger partial charge in [-0.25, -0.2) is 18.6 Å². The third-order valence-corrected chi connectivity index (χ3v) is 5.41. The predicted octanol–water partition coefficient (Wildman–Crippen LogP) is 4.69. The zero-order valence-electron chi connectivity index (χ0n) is 16.8. The Bertz CT molecular complexity index is 1250. The van der Waals surface area contributed by atoms with Gasteiger partial charge >= 0.3 is 6.03 Å². The van der Waals surface area contributed by atoms with Crippen molar-refractivity contribution in [1.82, 2.24) is 5.32 Å². The monoisotopic (exact) mass is 498 g/mol. The first-order valence-electron chi connectivity index (χ1n) is 9.57. The van der Waals surface area contributed by atoms with Crippen molar-refractivity contribution in [2.24, 2.45) is 4.99 Å². The molecule has 1 heterocycles. The number of benzodiazepines with no additional fused rings is 1. The van der Waals surface area contributed by atoms with E-state index in [1.165, 1.54) is 23.1 Å². The Balaban J connectivity index is 1.71. The summed E-state index contributed by atoms with van der Waals surface area (Å²) in [7, 11) is 1.54. The SMILES string of the molecule is CN1C(=O)C(NC(=O)Nc2ccc(Br)cc2F)N=C(c2ccccc2F)c2ccccc21. The highest BCUT2D eigenvalue weighted by atomic mass is 79.9. The molecule has 0 aromatic heterocycles. The lowest BCUT2D eigenvalue weighted by Crippen LogP contribution is -2.47. The number of urea groups is 1. The minimum absolute atomic E-state index is 0.0679. The molecule has 0 radical (unpaired) electrons. The molecule has 162 valence electrons. The molecule has 1 atom stereocenters. The molecule has 3 amide bonds. The number of likely N-dealkylation sites (N-methyl/N-ethyl adjacent to an activating group) is 1. The summed E-state index contributed by atoms with van der Waals surface area (Å²) in [5.74, 6) is -1.70. The standard InChI is InChI=1S/C23H17BrF2N4O2/c1-30-19-9-5-3-7-15(19)20(14-6-2-4-8-16(14)25)28-21(22(30)31)29-23(32)27-18-11-10-13(24)12-17(18)26/h2-12,21H,1H3,(H2,27,29,32). The molecule has 3 aromatic rings. The highest BCUT2D eigenvalue weighted by molar-refractivity contribution is 9.10. The zero-order valence-corrected chi connectivity index (χ0v) is 18.4. The number of halogens is 3. The van der Waals surface area contributed by atoms with Crippen LogP contribution in [0.15, 0.2) is 76.2 Å². The Morgan fingerprint density at radius 3 is 2.41 bits per heavy atom. The maximum Gasteiger partial charge on any atom is 0.321 e. The molecule has 1 unspecified atom stereocenters. The molecule has 2 N–H and O–H groups in total.